The molecule has 0 aliphatic rings. The number of hydrogen-bond acceptors (Lipinski definition) is 5. The topological polar surface area (TPSA) is 57.7 Å². The lowest BCUT2D eigenvalue weighted by atomic mass is 10.3. The normalized spacial score (nSPS) is 11.6. The third-order valence-electron chi connectivity index (χ3n) is 3.13. The van der Waals surface area contributed by atoms with E-state index in [9.17, 15) is 4.79 Å². The van der Waals surface area contributed by atoms with Crippen molar-refractivity contribution in [2.45, 2.75) is 32.8 Å². The first-order chi connectivity index (χ1) is 11.6. The summed E-state index contributed by atoms with van der Waals surface area (Å²) in [5.74, 6) is 1.40. The van der Waals surface area contributed by atoms with Crippen LogP contribution in [0, 0.1) is 3.57 Å². The molecule has 0 fully saturated rings. The molecule has 0 saturated heterocycles. The molecule has 2 rings (SSSR count). The number of carbonyl (C=O) groups excluding carboxylic acids is 1. The minimum Gasteiger partial charge on any atom is -0.479 e. The number of aromatic nitrogens is 1. The van der Waals surface area contributed by atoms with Crippen molar-refractivity contribution >= 4 is 28.6 Å². The molecule has 0 aliphatic carbocycles. The number of esters is 1. The molecular weight excluding hydrogens is 421 g/mol. The molecule has 24 heavy (non-hydrogen) atoms. The molecule has 0 amide bonds. The maximum atomic E-state index is 11.8. The second-order valence-corrected chi connectivity index (χ2v) is 6.41. The highest BCUT2D eigenvalue weighted by Crippen LogP contribution is 2.23. The molecular formula is C18H20INO4. The van der Waals surface area contributed by atoms with E-state index in [4.69, 9.17) is 14.2 Å². The van der Waals surface area contributed by atoms with Crippen LogP contribution in [0.25, 0.3) is 0 Å². The molecule has 0 aliphatic heterocycles. The van der Waals surface area contributed by atoms with Gasteiger partial charge in [-0.3, -0.25) is 0 Å². The zero-order valence-electron chi connectivity index (χ0n) is 13.7. The van der Waals surface area contributed by atoms with E-state index < -0.39 is 6.10 Å². The molecule has 6 heteroatoms. The van der Waals surface area contributed by atoms with Crippen LogP contribution >= 0.6 is 22.6 Å². The van der Waals surface area contributed by atoms with Crippen LogP contribution in [0.2, 0.25) is 0 Å². The van der Waals surface area contributed by atoms with Crippen LogP contribution in [-0.2, 0) is 9.53 Å². The van der Waals surface area contributed by atoms with Crippen molar-refractivity contribution in [1.82, 2.24) is 4.98 Å². The average Bonchev–Trinajstić information content (AvgIpc) is 2.58. The van der Waals surface area contributed by atoms with Crippen molar-refractivity contribution in [2.75, 3.05) is 6.61 Å². The molecule has 1 heterocycles. The van der Waals surface area contributed by atoms with Gasteiger partial charge in [0.15, 0.2) is 6.10 Å². The monoisotopic (exact) mass is 441 g/mol. The van der Waals surface area contributed by atoms with Crippen LogP contribution in [0.5, 0.6) is 17.4 Å². The number of hydrogen-bond donors (Lipinski definition) is 0. The fourth-order valence-electron chi connectivity index (χ4n) is 1.82. The van der Waals surface area contributed by atoms with Gasteiger partial charge < -0.3 is 14.2 Å². The predicted molar refractivity (Wildman–Crippen MR) is 99.4 cm³/mol. The third kappa shape index (κ3) is 5.99. The SMILES string of the molecule is CCCCOC(=O)C(C)Oc1ccc(Oc2ccc(I)cn2)cc1. The van der Waals surface area contributed by atoms with E-state index in [0.717, 1.165) is 16.4 Å². The Morgan fingerprint density at radius 3 is 2.50 bits per heavy atom. The Balaban J connectivity index is 1.87. The lowest BCUT2D eigenvalue weighted by Crippen LogP contribution is -2.26. The maximum absolute atomic E-state index is 11.8. The van der Waals surface area contributed by atoms with Gasteiger partial charge >= 0.3 is 5.97 Å². The number of benzene rings is 1. The summed E-state index contributed by atoms with van der Waals surface area (Å²) in [6.45, 7) is 4.15. The first-order valence-corrected chi connectivity index (χ1v) is 8.89. The van der Waals surface area contributed by atoms with E-state index in [-0.39, 0.29) is 5.97 Å². The highest BCUT2D eigenvalue weighted by Gasteiger charge is 2.16. The van der Waals surface area contributed by atoms with E-state index in [0.29, 0.717) is 24.0 Å². The number of rotatable bonds is 8. The maximum Gasteiger partial charge on any atom is 0.347 e. The molecule has 1 atom stereocenters. The van der Waals surface area contributed by atoms with Crippen LogP contribution < -0.4 is 9.47 Å². The Morgan fingerprint density at radius 1 is 1.17 bits per heavy atom. The van der Waals surface area contributed by atoms with E-state index in [1.54, 1.807) is 43.5 Å². The van der Waals surface area contributed by atoms with Crippen LogP contribution in [0.4, 0.5) is 0 Å². The highest BCUT2D eigenvalue weighted by molar-refractivity contribution is 14.1. The van der Waals surface area contributed by atoms with Gasteiger partial charge in [-0.25, -0.2) is 9.78 Å². The minimum absolute atomic E-state index is 0.355. The Labute approximate surface area is 155 Å². The molecule has 2 aromatic rings. The van der Waals surface area contributed by atoms with E-state index in [2.05, 4.69) is 27.6 Å². The lowest BCUT2D eigenvalue weighted by molar-refractivity contribution is -0.151. The number of carbonyl (C=O) groups is 1. The molecule has 0 spiro atoms. The van der Waals surface area contributed by atoms with Crippen LogP contribution in [0.1, 0.15) is 26.7 Å². The summed E-state index contributed by atoms with van der Waals surface area (Å²) in [6.07, 6.45) is 2.93. The van der Waals surface area contributed by atoms with Gasteiger partial charge in [0.25, 0.3) is 0 Å². The summed E-state index contributed by atoms with van der Waals surface area (Å²) in [7, 11) is 0. The second-order valence-electron chi connectivity index (χ2n) is 5.17. The Kier molecular flexibility index (Phi) is 7.30. The first-order valence-electron chi connectivity index (χ1n) is 7.81. The average molecular weight is 441 g/mol. The summed E-state index contributed by atoms with van der Waals surface area (Å²) in [4.78, 5) is 16.0. The van der Waals surface area contributed by atoms with E-state index in [1.165, 1.54) is 0 Å². The fourth-order valence-corrected chi connectivity index (χ4v) is 2.14. The molecule has 0 bridgehead atoms. The van der Waals surface area contributed by atoms with Gasteiger partial charge in [0, 0.05) is 15.8 Å². The van der Waals surface area contributed by atoms with Crippen molar-refractivity contribution in [3.05, 3.63) is 46.2 Å². The molecule has 1 aromatic carbocycles. The van der Waals surface area contributed by atoms with Crippen molar-refractivity contribution < 1.29 is 19.0 Å². The molecule has 0 saturated carbocycles. The molecule has 1 unspecified atom stereocenters. The number of pyridine rings is 1. The number of unbranched alkanes of at least 4 members (excludes halogenated alkanes) is 1. The zero-order valence-corrected chi connectivity index (χ0v) is 15.9. The molecule has 5 nitrogen and oxygen atoms in total. The standard InChI is InChI=1S/C18H20INO4/c1-3-4-11-22-18(21)13(2)23-15-6-8-16(9-7-15)24-17-10-5-14(19)12-20-17/h5-10,12-13H,3-4,11H2,1-2H3. The summed E-state index contributed by atoms with van der Waals surface area (Å²) in [5, 5.41) is 0. The summed E-state index contributed by atoms with van der Waals surface area (Å²) < 4.78 is 17.4. The van der Waals surface area contributed by atoms with Gasteiger partial charge in [-0.1, -0.05) is 13.3 Å². The lowest BCUT2D eigenvalue weighted by Gasteiger charge is -2.14. The molecule has 0 N–H and O–H groups in total. The Hall–Kier alpha value is -1.83. The van der Waals surface area contributed by atoms with E-state index >= 15 is 0 Å². The highest BCUT2D eigenvalue weighted by atomic mass is 127. The predicted octanol–water partition coefficient (Wildman–Crippen LogP) is 4.59. The number of ether oxygens (including phenoxy) is 3. The van der Waals surface area contributed by atoms with Gasteiger partial charge in [-0.15, -0.1) is 0 Å². The Morgan fingerprint density at radius 2 is 1.88 bits per heavy atom. The van der Waals surface area contributed by atoms with Crippen molar-refractivity contribution in [2.24, 2.45) is 0 Å². The smallest absolute Gasteiger partial charge is 0.347 e. The quantitative estimate of drug-likeness (QED) is 0.341. The van der Waals surface area contributed by atoms with Crippen molar-refractivity contribution in [3.63, 3.8) is 0 Å². The van der Waals surface area contributed by atoms with Gasteiger partial charge in [-0.2, -0.15) is 0 Å². The van der Waals surface area contributed by atoms with Crippen LogP contribution in [0.15, 0.2) is 42.6 Å². The van der Waals surface area contributed by atoms with Gasteiger partial charge in [-0.05, 0) is 66.3 Å². The van der Waals surface area contributed by atoms with E-state index in [1.807, 2.05) is 13.0 Å². The minimum atomic E-state index is -0.647. The van der Waals surface area contributed by atoms with Gasteiger partial charge in [0.2, 0.25) is 5.88 Å². The summed E-state index contributed by atoms with van der Waals surface area (Å²) in [5.41, 5.74) is 0. The Bertz CT molecular complexity index is 643. The van der Waals surface area contributed by atoms with Gasteiger partial charge in [0.1, 0.15) is 11.5 Å². The number of halogens is 1. The fraction of sp³-hybridized carbons (Fsp3) is 0.333. The largest absolute Gasteiger partial charge is 0.479 e. The molecule has 1 aromatic heterocycles. The van der Waals surface area contributed by atoms with Crippen molar-refractivity contribution in [3.8, 4) is 17.4 Å². The third-order valence-corrected chi connectivity index (χ3v) is 3.77. The molecule has 0 radical (unpaired) electrons. The number of nitrogens with zero attached hydrogens (tertiary/aromatic N) is 1. The first kappa shape index (κ1) is 18.5. The molecule has 128 valence electrons. The second kappa shape index (κ2) is 9.46. The van der Waals surface area contributed by atoms with Gasteiger partial charge in [0.05, 0.1) is 6.61 Å². The summed E-state index contributed by atoms with van der Waals surface area (Å²) >= 11 is 2.19. The zero-order chi connectivity index (χ0) is 17.4. The summed E-state index contributed by atoms with van der Waals surface area (Å²) in [6, 6.07) is 10.8. The van der Waals surface area contributed by atoms with Crippen LogP contribution in [0.3, 0.4) is 0 Å². The van der Waals surface area contributed by atoms with Crippen molar-refractivity contribution in [1.29, 1.82) is 0 Å². The van der Waals surface area contributed by atoms with Crippen LogP contribution in [-0.4, -0.2) is 23.7 Å².